The van der Waals surface area contributed by atoms with Crippen molar-refractivity contribution in [2.24, 2.45) is 0 Å². The molecule has 3 aliphatic rings. The van der Waals surface area contributed by atoms with Gasteiger partial charge in [0.05, 0.1) is 22.5 Å². The van der Waals surface area contributed by atoms with E-state index >= 15 is 0 Å². The van der Waals surface area contributed by atoms with E-state index in [1.165, 1.54) is 99.7 Å². The van der Waals surface area contributed by atoms with Crippen LogP contribution in [0.1, 0.15) is 47.2 Å². The molecule has 1 heterocycles. The smallest absolute Gasteiger partial charge is 0.0754 e. The molecule has 320 valence electrons. The van der Waals surface area contributed by atoms with Gasteiger partial charge in [-0.25, -0.2) is 0 Å². The standard InChI is InChI=1S/C66H46N2/c1-65(2)56-26-12-10-23-51(56)53-39-37-48(42-60(53)65)67(64-41-45-18-6-7-21-49(45)50-22-8-9-25-55(50)64)47-35-32-43(33-36-47)44-34-38-54-52-24-11-13-27-57(52)66(61(54)40-44)58-28-14-16-30-62(58)68(46-19-4-3-5-20-46)63-31-17-15-29-59(63)66/h3-42H,1-2H3. The first-order chi connectivity index (χ1) is 33.5. The van der Waals surface area contributed by atoms with Crippen LogP contribution in [0.5, 0.6) is 0 Å². The van der Waals surface area contributed by atoms with Gasteiger partial charge in [-0.15, -0.1) is 0 Å². The van der Waals surface area contributed by atoms with Crippen molar-refractivity contribution in [3.8, 4) is 33.4 Å². The molecule has 2 heteroatoms. The first kappa shape index (κ1) is 38.8. The molecule has 11 aromatic carbocycles. The molecule has 14 rings (SSSR count). The molecule has 2 aliphatic carbocycles. The Bertz CT molecular complexity index is 3790. The van der Waals surface area contributed by atoms with Crippen LogP contribution >= 0.6 is 0 Å². The zero-order chi connectivity index (χ0) is 45.1. The van der Waals surface area contributed by atoms with Crippen molar-refractivity contribution >= 4 is 55.7 Å². The Morgan fingerprint density at radius 2 is 0.853 bits per heavy atom. The molecule has 0 unspecified atom stereocenters. The highest BCUT2D eigenvalue weighted by Gasteiger charge is 2.51. The Morgan fingerprint density at radius 3 is 1.59 bits per heavy atom. The normalized spacial score (nSPS) is 14.2. The second-order valence-electron chi connectivity index (χ2n) is 19.2. The minimum absolute atomic E-state index is 0.132. The molecule has 11 aromatic rings. The quantitative estimate of drug-likeness (QED) is 0.159. The molecular weight excluding hydrogens is 821 g/mol. The molecule has 0 N–H and O–H groups in total. The van der Waals surface area contributed by atoms with E-state index < -0.39 is 5.41 Å². The fraction of sp³-hybridized carbons (Fsp3) is 0.0606. The number of hydrogen-bond donors (Lipinski definition) is 0. The van der Waals surface area contributed by atoms with Gasteiger partial charge in [0, 0.05) is 27.9 Å². The lowest BCUT2D eigenvalue weighted by atomic mass is 9.64. The molecule has 0 saturated heterocycles. The first-order valence-corrected chi connectivity index (χ1v) is 23.8. The van der Waals surface area contributed by atoms with E-state index in [0.29, 0.717) is 0 Å². The molecule has 0 bridgehead atoms. The number of benzene rings is 11. The number of rotatable bonds is 5. The lowest BCUT2D eigenvalue weighted by Crippen LogP contribution is -2.36. The third-order valence-electron chi connectivity index (χ3n) is 15.4. The van der Waals surface area contributed by atoms with Gasteiger partial charge in [0.1, 0.15) is 0 Å². The van der Waals surface area contributed by atoms with E-state index in [1.54, 1.807) is 0 Å². The predicted octanol–water partition coefficient (Wildman–Crippen LogP) is 17.6. The van der Waals surface area contributed by atoms with E-state index in [0.717, 1.165) is 22.7 Å². The van der Waals surface area contributed by atoms with Crippen molar-refractivity contribution in [2.45, 2.75) is 24.7 Å². The SMILES string of the molecule is CC1(C)c2ccccc2-c2ccc(N(c3ccc(-c4ccc5c(c4)C4(c6ccccc6-5)c5ccccc5N(c5ccccc5)c5ccccc54)cc3)c3cc4ccccc4c4ccccc34)cc21. The highest BCUT2D eigenvalue weighted by molar-refractivity contribution is 6.14. The number of anilines is 6. The molecule has 0 fully saturated rings. The fourth-order valence-corrected chi connectivity index (χ4v) is 12.4. The topological polar surface area (TPSA) is 6.48 Å². The summed E-state index contributed by atoms with van der Waals surface area (Å²) in [6.07, 6.45) is 0. The summed E-state index contributed by atoms with van der Waals surface area (Å²) in [6.45, 7) is 4.74. The van der Waals surface area contributed by atoms with Crippen molar-refractivity contribution in [3.63, 3.8) is 0 Å². The highest BCUT2D eigenvalue weighted by atomic mass is 15.2. The molecular formula is C66H46N2. The van der Waals surface area contributed by atoms with Gasteiger partial charge >= 0.3 is 0 Å². The monoisotopic (exact) mass is 866 g/mol. The van der Waals surface area contributed by atoms with Crippen LogP contribution in [0.15, 0.2) is 243 Å². The van der Waals surface area contributed by atoms with Crippen molar-refractivity contribution in [1.82, 2.24) is 0 Å². The van der Waals surface area contributed by atoms with Gasteiger partial charge in [0.2, 0.25) is 0 Å². The maximum Gasteiger partial charge on any atom is 0.0754 e. The second kappa shape index (κ2) is 14.5. The van der Waals surface area contributed by atoms with E-state index in [9.17, 15) is 0 Å². The minimum atomic E-state index is -0.519. The predicted molar refractivity (Wildman–Crippen MR) is 285 cm³/mol. The van der Waals surface area contributed by atoms with Gasteiger partial charge in [-0.1, -0.05) is 196 Å². The zero-order valence-electron chi connectivity index (χ0n) is 38.0. The van der Waals surface area contributed by atoms with Crippen LogP contribution in [0, 0.1) is 0 Å². The van der Waals surface area contributed by atoms with Crippen LogP contribution in [-0.2, 0) is 10.8 Å². The molecule has 2 nitrogen and oxygen atoms in total. The maximum absolute atomic E-state index is 2.49. The summed E-state index contributed by atoms with van der Waals surface area (Å²) >= 11 is 0. The summed E-state index contributed by atoms with van der Waals surface area (Å²) in [4.78, 5) is 4.94. The Balaban J connectivity index is 0.947. The second-order valence-corrected chi connectivity index (χ2v) is 19.2. The molecule has 68 heavy (non-hydrogen) atoms. The zero-order valence-corrected chi connectivity index (χ0v) is 38.0. The number of hydrogen-bond acceptors (Lipinski definition) is 2. The fourth-order valence-electron chi connectivity index (χ4n) is 12.4. The first-order valence-electron chi connectivity index (χ1n) is 23.8. The average molecular weight is 867 g/mol. The summed E-state index contributed by atoms with van der Waals surface area (Å²) in [6, 6.07) is 90.6. The van der Waals surface area contributed by atoms with Crippen LogP contribution in [0.4, 0.5) is 34.1 Å². The van der Waals surface area contributed by atoms with Crippen LogP contribution in [0.25, 0.3) is 54.9 Å². The van der Waals surface area contributed by atoms with Gasteiger partial charge in [0.25, 0.3) is 0 Å². The Morgan fingerprint density at radius 1 is 0.338 bits per heavy atom. The number of nitrogens with zero attached hydrogens (tertiary/aromatic N) is 2. The number of para-hydroxylation sites is 3. The third kappa shape index (κ3) is 5.34. The summed E-state index contributed by atoms with van der Waals surface area (Å²) < 4.78 is 0. The van der Waals surface area contributed by atoms with Crippen molar-refractivity contribution < 1.29 is 0 Å². The lowest BCUT2D eigenvalue weighted by molar-refractivity contribution is 0.660. The third-order valence-corrected chi connectivity index (χ3v) is 15.4. The lowest BCUT2D eigenvalue weighted by Gasteiger charge is -2.45. The van der Waals surface area contributed by atoms with E-state index in [1.807, 2.05) is 0 Å². The van der Waals surface area contributed by atoms with Crippen LogP contribution in [-0.4, -0.2) is 0 Å². The van der Waals surface area contributed by atoms with Crippen LogP contribution in [0.3, 0.4) is 0 Å². The average Bonchev–Trinajstić information content (AvgIpc) is 3.81. The Kier molecular flexibility index (Phi) is 8.28. The van der Waals surface area contributed by atoms with Crippen molar-refractivity contribution in [3.05, 3.63) is 276 Å². The van der Waals surface area contributed by atoms with Crippen LogP contribution in [0.2, 0.25) is 0 Å². The molecule has 0 saturated carbocycles. The van der Waals surface area contributed by atoms with Gasteiger partial charge in [-0.2, -0.15) is 0 Å². The van der Waals surface area contributed by atoms with Gasteiger partial charge in [-0.05, 0) is 144 Å². The largest absolute Gasteiger partial charge is 0.310 e. The van der Waals surface area contributed by atoms with E-state index in [2.05, 4.69) is 266 Å². The maximum atomic E-state index is 2.49. The molecule has 0 aromatic heterocycles. The Labute approximate surface area is 397 Å². The van der Waals surface area contributed by atoms with Crippen molar-refractivity contribution in [2.75, 3.05) is 9.80 Å². The van der Waals surface area contributed by atoms with Crippen LogP contribution < -0.4 is 9.80 Å². The highest BCUT2D eigenvalue weighted by Crippen LogP contribution is 2.64. The minimum Gasteiger partial charge on any atom is -0.310 e. The van der Waals surface area contributed by atoms with Gasteiger partial charge in [-0.3, -0.25) is 0 Å². The van der Waals surface area contributed by atoms with E-state index in [4.69, 9.17) is 0 Å². The molecule has 0 amide bonds. The molecule has 1 spiro atoms. The molecule has 0 atom stereocenters. The van der Waals surface area contributed by atoms with Crippen molar-refractivity contribution in [1.29, 1.82) is 0 Å². The summed E-state index contributed by atoms with van der Waals surface area (Å²) in [5, 5.41) is 4.96. The molecule has 0 radical (unpaired) electrons. The van der Waals surface area contributed by atoms with E-state index in [-0.39, 0.29) is 5.41 Å². The Hall–Kier alpha value is -8.46. The summed E-state index contributed by atoms with van der Waals surface area (Å²) in [5.41, 5.74) is 21.9. The summed E-state index contributed by atoms with van der Waals surface area (Å²) in [5.74, 6) is 0. The number of fused-ring (bicyclic) bond motifs is 15. The summed E-state index contributed by atoms with van der Waals surface area (Å²) in [7, 11) is 0. The molecule has 1 aliphatic heterocycles. The van der Waals surface area contributed by atoms with Gasteiger partial charge < -0.3 is 9.80 Å². The van der Waals surface area contributed by atoms with Gasteiger partial charge in [0.15, 0.2) is 0 Å².